The lowest BCUT2D eigenvalue weighted by Gasteiger charge is -2.12. The lowest BCUT2D eigenvalue weighted by molar-refractivity contribution is -0.115. The summed E-state index contributed by atoms with van der Waals surface area (Å²) < 4.78 is 25.0. The molecule has 1 amide bonds. The molecule has 0 spiro atoms. The molecular formula is C19H21N5O3S2. The molecule has 10 heteroatoms. The van der Waals surface area contributed by atoms with Crippen LogP contribution in [0.25, 0.3) is 11.4 Å². The number of pyridine rings is 1. The molecule has 3 rings (SSSR count). The Labute approximate surface area is 173 Å². The molecule has 0 saturated heterocycles. The van der Waals surface area contributed by atoms with Gasteiger partial charge in [-0.05, 0) is 38.1 Å². The van der Waals surface area contributed by atoms with Gasteiger partial charge in [0.15, 0.2) is 25.8 Å². The number of anilines is 1. The van der Waals surface area contributed by atoms with Crippen LogP contribution in [-0.2, 0) is 21.2 Å². The smallest absolute Gasteiger partial charge is 0.237 e. The largest absolute Gasteiger partial charge is 0.325 e. The van der Waals surface area contributed by atoms with Gasteiger partial charge >= 0.3 is 0 Å². The lowest BCUT2D eigenvalue weighted by atomic mass is 10.3. The zero-order valence-electron chi connectivity index (χ0n) is 16.2. The molecule has 0 fully saturated rings. The van der Waals surface area contributed by atoms with E-state index in [-0.39, 0.29) is 16.2 Å². The van der Waals surface area contributed by atoms with E-state index in [1.54, 1.807) is 13.0 Å². The summed E-state index contributed by atoms with van der Waals surface area (Å²) in [5.41, 5.74) is 1.39. The maximum absolute atomic E-state index is 12.5. The second-order valence-electron chi connectivity index (χ2n) is 6.32. The summed E-state index contributed by atoms with van der Waals surface area (Å²) in [5.74, 6) is 0.436. The van der Waals surface area contributed by atoms with Crippen molar-refractivity contribution >= 4 is 33.2 Å². The molecule has 1 unspecified atom stereocenters. The average molecular weight is 432 g/mol. The van der Waals surface area contributed by atoms with Crippen LogP contribution < -0.4 is 5.32 Å². The van der Waals surface area contributed by atoms with Crippen molar-refractivity contribution in [3.63, 3.8) is 0 Å². The third-order valence-electron chi connectivity index (χ3n) is 4.10. The maximum atomic E-state index is 12.5. The van der Waals surface area contributed by atoms with Crippen LogP contribution in [-0.4, -0.2) is 45.6 Å². The maximum Gasteiger partial charge on any atom is 0.237 e. The Morgan fingerprint density at radius 2 is 1.90 bits per heavy atom. The number of nitrogens with zero attached hydrogens (tertiary/aromatic N) is 4. The molecule has 29 heavy (non-hydrogen) atoms. The van der Waals surface area contributed by atoms with Gasteiger partial charge in [0, 0.05) is 30.2 Å². The van der Waals surface area contributed by atoms with E-state index >= 15 is 0 Å². The third kappa shape index (κ3) is 5.01. The molecule has 3 aromatic rings. The van der Waals surface area contributed by atoms with E-state index in [4.69, 9.17) is 0 Å². The van der Waals surface area contributed by atoms with Crippen LogP contribution in [0.5, 0.6) is 0 Å². The lowest BCUT2D eigenvalue weighted by Crippen LogP contribution is -2.22. The van der Waals surface area contributed by atoms with Crippen LogP contribution in [0.15, 0.2) is 58.8 Å². The number of amides is 1. The van der Waals surface area contributed by atoms with Crippen molar-refractivity contribution < 1.29 is 13.2 Å². The van der Waals surface area contributed by atoms with Crippen LogP contribution in [0, 0.1) is 0 Å². The van der Waals surface area contributed by atoms with Crippen LogP contribution in [0.2, 0.25) is 0 Å². The fourth-order valence-corrected chi connectivity index (χ4v) is 4.06. The Morgan fingerprint density at radius 3 is 2.48 bits per heavy atom. The van der Waals surface area contributed by atoms with Crippen LogP contribution in [0.4, 0.5) is 5.69 Å². The summed E-state index contributed by atoms with van der Waals surface area (Å²) >= 11 is 1.31. The van der Waals surface area contributed by atoms with Gasteiger partial charge < -0.3 is 9.88 Å². The molecule has 0 radical (unpaired) electrons. The summed E-state index contributed by atoms with van der Waals surface area (Å²) in [4.78, 5) is 16.5. The highest BCUT2D eigenvalue weighted by Gasteiger charge is 2.21. The Hall–Kier alpha value is -2.72. The number of para-hydroxylation sites is 1. The first-order chi connectivity index (χ1) is 13.8. The van der Waals surface area contributed by atoms with Crippen molar-refractivity contribution in [3.05, 3.63) is 48.7 Å². The fourth-order valence-electron chi connectivity index (χ4n) is 2.58. The molecule has 1 aromatic carbocycles. The van der Waals surface area contributed by atoms with E-state index < -0.39 is 9.84 Å². The zero-order valence-corrected chi connectivity index (χ0v) is 17.9. The summed E-state index contributed by atoms with van der Waals surface area (Å²) in [6.45, 7) is 4.34. The Morgan fingerprint density at radius 1 is 1.17 bits per heavy atom. The van der Waals surface area contributed by atoms with Crippen LogP contribution in [0.1, 0.15) is 13.8 Å². The van der Waals surface area contributed by atoms with Crippen molar-refractivity contribution in [2.75, 3.05) is 11.6 Å². The number of carbonyl (C=O) groups is 1. The molecule has 2 heterocycles. The molecule has 0 bridgehead atoms. The van der Waals surface area contributed by atoms with Gasteiger partial charge in [-0.3, -0.25) is 4.79 Å². The molecule has 0 aliphatic heterocycles. The Kier molecular flexibility index (Phi) is 6.33. The summed E-state index contributed by atoms with van der Waals surface area (Å²) in [6, 6.07) is 12.4. The normalized spacial score (nSPS) is 12.5. The molecule has 0 saturated carbocycles. The first-order valence-corrected chi connectivity index (χ1v) is 11.7. The predicted octanol–water partition coefficient (Wildman–Crippen LogP) is 2.88. The van der Waals surface area contributed by atoms with E-state index in [1.165, 1.54) is 24.0 Å². The van der Waals surface area contributed by atoms with Gasteiger partial charge in [0.25, 0.3) is 0 Å². The molecule has 0 aliphatic rings. The molecule has 152 valence electrons. The van der Waals surface area contributed by atoms with Crippen molar-refractivity contribution in [1.82, 2.24) is 19.7 Å². The molecule has 0 aliphatic carbocycles. The third-order valence-corrected chi connectivity index (χ3v) is 6.18. The molecule has 8 nitrogen and oxygen atoms in total. The highest BCUT2D eigenvalue weighted by atomic mass is 32.2. The van der Waals surface area contributed by atoms with E-state index in [0.29, 0.717) is 23.1 Å². The minimum absolute atomic E-state index is 0.00428. The van der Waals surface area contributed by atoms with Gasteiger partial charge in [-0.1, -0.05) is 30.0 Å². The zero-order chi connectivity index (χ0) is 21.0. The minimum atomic E-state index is -3.37. The standard InChI is InChI=1S/C19H21N5O3S2/c1-4-24-17(14-10-11-16(20-12-14)29(3,26)27)22-23-19(24)28-13(2)18(25)21-15-8-6-5-7-9-15/h5-13H,4H2,1-3H3,(H,21,25). The summed E-state index contributed by atoms with van der Waals surface area (Å²) in [7, 11) is -3.37. The number of hydrogen-bond donors (Lipinski definition) is 1. The van der Waals surface area contributed by atoms with Gasteiger partial charge in [0.1, 0.15) is 0 Å². The number of aromatic nitrogens is 4. The van der Waals surface area contributed by atoms with Crippen molar-refractivity contribution in [2.45, 2.75) is 35.8 Å². The van der Waals surface area contributed by atoms with Gasteiger partial charge in [0.05, 0.1) is 5.25 Å². The number of rotatable bonds is 7. The predicted molar refractivity (Wildman–Crippen MR) is 112 cm³/mol. The van der Waals surface area contributed by atoms with Gasteiger partial charge in [-0.2, -0.15) is 0 Å². The number of hydrogen-bond acceptors (Lipinski definition) is 7. The Balaban J connectivity index is 1.78. The first kappa shape index (κ1) is 21.0. The van der Waals surface area contributed by atoms with Gasteiger partial charge in [-0.25, -0.2) is 13.4 Å². The highest BCUT2D eigenvalue weighted by Crippen LogP contribution is 2.27. The second-order valence-corrected chi connectivity index (χ2v) is 9.59. The molecule has 2 aromatic heterocycles. The highest BCUT2D eigenvalue weighted by molar-refractivity contribution is 8.00. The van der Waals surface area contributed by atoms with E-state index in [0.717, 1.165) is 11.9 Å². The monoisotopic (exact) mass is 431 g/mol. The van der Waals surface area contributed by atoms with E-state index in [9.17, 15) is 13.2 Å². The molecule has 1 N–H and O–H groups in total. The summed E-state index contributed by atoms with van der Waals surface area (Å²) in [5, 5.41) is 11.5. The van der Waals surface area contributed by atoms with Crippen LogP contribution in [0.3, 0.4) is 0 Å². The number of carbonyl (C=O) groups excluding carboxylic acids is 1. The number of benzene rings is 1. The number of sulfone groups is 1. The Bertz CT molecular complexity index is 1100. The molecular weight excluding hydrogens is 410 g/mol. The quantitative estimate of drug-likeness (QED) is 0.573. The van der Waals surface area contributed by atoms with E-state index in [1.807, 2.05) is 41.8 Å². The fraction of sp³-hybridized carbons (Fsp3) is 0.263. The number of nitrogens with one attached hydrogen (secondary N) is 1. The summed E-state index contributed by atoms with van der Waals surface area (Å²) in [6.07, 6.45) is 2.58. The first-order valence-electron chi connectivity index (χ1n) is 8.92. The molecule has 1 atom stereocenters. The minimum Gasteiger partial charge on any atom is -0.325 e. The second kappa shape index (κ2) is 8.75. The van der Waals surface area contributed by atoms with Gasteiger partial charge in [-0.15, -0.1) is 10.2 Å². The van der Waals surface area contributed by atoms with Crippen LogP contribution >= 0.6 is 11.8 Å². The average Bonchev–Trinajstić information content (AvgIpc) is 3.10. The van der Waals surface area contributed by atoms with Crippen molar-refractivity contribution in [3.8, 4) is 11.4 Å². The van der Waals surface area contributed by atoms with Gasteiger partial charge in [0.2, 0.25) is 5.91 Å². The van der Waals surface area contributed by atoms with Crippen molar-refractivity contribution in [2.24, 2.45) is 0 Å². The van der Waals surface area contributed by atoms with Crippen molar-refractivity contribution in [1.29, 1.82) is 0 Å². The van der Waals surface area contributed by atoms with E-state index in [2.05, 4.69) is 20.5 Å². The number of thioether (sulfide) groups is 1. The SMILES string of the molecule is CCn1c(SC(C)C(=O)Nc2ccccc2)nnc1-c1ccc(S(C)(=O)=O)nc1. The topological polar surface area (TPSA) is 107 Å².